The molecule has 1 heterocycles. The Morgan fingerprint density at radius 3 is 2.94 bits per heavy atom. The van der Waals surface area contributed by atoms with E-state index < -0.39 is 0 Å². The van der Waals surface area contributed by atoms with Gasteiger partial charge in [-0.2, -0.15) is 0 Å². The third kappa shape index (κ3) is 2.96. The van der Waals surface area contributed by atoms with Crippen molar-refractivity contribution < 1.29 is 4.39 Å². The van der Waals surface area contributed by atoms with E-state index in [9.17, 15) is 4.39 Å². The maximum atomic E-state index is 12.9. The highest BCUT2D eigenvalue weighted by Gasteiger charge is 2.11. The number of guanidine groups is 1. The van der Waals surface area contributed by atoms with Crippen molar-refractivity contribution in [2.45, 2.75) is 13.3 Å². The molecule has 4 heteroatoms. The molecule has 17 heavy (non-hydrogen) atoms. The van der Waals surface area contributed by atoms with Gasteiger partial charge in [-0.3, -0.25) is 4.99 Å². The summed E-state index contributed by atoms with van der Waals surface area (Å²) in [6.45, 7) is 4.62. The molecular weight excluding hydrogens is 217 g/mol. The molecule has 0 radical (unpaired) electrons. The van der Waals surface area contributed by atoms with Crippen molar-refractivity contribution in [2.24, 2.45) is 4.99 Å². The van der Waals surface area contributed by atoms with Gasteiger partial charge in [-0.15, -0.1) is 0 Å². The van der Waals surface area contributed by atoms with E-state index in [1.165, 1.54) is 11.6 Å². The third-order valence-electron chi connectivity index (χ3n) is 3.04. The van der Waals surface area contributed by atoms with Crippen LogP contribution in [0.3, 0.4) is 0 Å². The van der Waals surface area contributed by atoms with E-state index in [-0.39, 0.29) is 5.82 Å². The summed E-state index contributed by atoms with van der Waals surface area (Å²) < 4.78 is 12.9. The predicted molar refractivity (Wildman–Crippen MR) is 67.8 cm³/mol. The molecule has 0 fully saturated rings. The van der Waals surface area contributed by atoms with Crippen LogP contribution in [0.25, 0.3) is 0 Å². The molecule has 1 aliphatic rings. The molecule has 1 aliphatic heterocycles. The van der Waals surface area contributed by atoms with Crippen molar-refractivity contribution in [1.82, 2.24) is 10.2 Å². The quantitative estimate of drug-likeness (QED) is 0.861. The number of likely N-dealkylation sites (N-methyl/N-ethyl adjacent to an activating group) is 1. The Morgan fingerprint density at radius 1 is 1.47 bits per heavy atom. The lowest BCUT2D eigenvalue weighted by molar-refractivity contribution is 0.534. The van der Waals surface area contributed by atoms with Crippen LogP contribution in [0.4, 0.5) is 4.39 Å². The highest BCUT2D eigenvalue weighted by molar-refractivity contribution is 5.81. The second-order valence-corrected chi connectivity index (χ2v) is 4.37. The molecule has 0 aromatic heterocycles. The minimum Gasteiger partial charge on any atom is -0.356 e. The summed E-state index contributed by atoms with van der Waals surface area (Å²) in [5.41, 5.74) is 2.19. The van der Waals surface area contributed by atoms with Gasteiger partial charge in [0.15, 0.2) is 5.96 Å². The zero-order valence-corrected chi connectivity index (χ0v) is 10.3. The van der Waals surface area contributed by atoms with Crippen molar-refractivity contribution >= 4 is 5.96 Å². The van der Waals surface area contributed by atoms with E-state index in [1.807, 2.05) is 20.0 Å². The summed E-state index contributed by atoms with van der Waals surface area (Å²) in [7, 11) is 2.03. The number of benzene rings is 1. The maximum absolute atomic E-state index is 12.9. The number of rotatable bonds is 3. The summed E-state index contributed by atoms with van der Waals surface area (Å²) in [6, 6.07) is 4.95. The van der Waals surface area contributed by atoms with Gasteiger partial charge in [-0.25, -0.2) is 4.39 Å². The highest BCUT2D eigenvalue weighted by atomic mass is 19.1. The molecule has 1 N–H and O–H groups in total. The van der Waals surface area contributed by atoms with Crippen molar-refractivity contribution in [3.8, 4) is 0 Å². The summed E-state index contributed by atoms with van der Waals surface area (Å²) in [4.78, 5) is 6.46. The molecule has 0 aliphatic carbocycles. The molecule has 0 atom stereocenters. The molecule has 0 saturated carbocycles. The molecule has 1 aromatic carbocycles. The first-order chi connectivity index (χ1) is 8.16. The molecule has 1 aromatic rings. The first-order valence-corrected chi connectivity index (χ1v) is 5.91. The number of hydrogen-bond acceptors (Lipinski definition) is 3. The van der Waals surface area contributed by atoms with Crippen molar-refractivity contribution in [3.63, 3.8) is 0 Å². The largest absolute Gasteiger partial charge is 0.356 e. The smallest absolute Gasteiger partial charge is 0.193 e. The first-order valence-electron chi connectivity index (χ1n) is 5.91. The van der Waals surface area contributed by atoms with Gasteiger partial charge in [0.05, 0.1) is 6.54 Å². The Hall–Kier alpha value is -1.58. The highest BCUT2D eigenvalue weighted by Crippen LogP contribution is 2.10. The fourth-order valence-corrected chi connectivity index (χ4v) is 1.97. The molecular formula is C13H18FN3. The first kappa shape index (κ1) is 11.9. The second kappa shape index (κ2) is 5.17. The van der Waals surface area contributed by atoms with Gasteiger partial charge in [0.1, 0.15) is 5.82 Å². The lowest BCUT2D eigenvalue weighted by Crippen LogP contribution is -2.36. The van der Waals surface area contributed by atoms with Crippen LogP contribution in [0.15, 0.2) is 23.2 Å². The van der Waals surface area contributed by atoms with Crippen LogP contribution in [0.2, 0.25) is 0 Å². The number of halogens is 1. The Kier molecular flexibility index (Phi) is 3.61. The standard InChI is InChI=1S/C13H18FN3/c1-10-9-12(14)4-3-11(10)5-6-15-13-16-7-8-17(13)2/h3-4,9H,5-8H2,1-2H3,(H,15,16). The Balaban J connectivity index is 1.86. The fourth-order valence-electron chi connectivity index (χ4n) is 1.97. The summed E-state index contributed by atoms with van der Waals surface area (Å²) in [5.74, 6) is 0.795. The number of hydrogen-bond donors (Lipinski definition) is 1. The van der Waals surface area contributed by atoms with Crippen LogP contribution < -0.4 is 5.32 Å². The molecule has 3 nitrogen and oxygen atoms in total. The van der Waals surface area contributed by atoms with Gasteiger partial charge in [-0.1, -0.05) is 6.07 Å². The van der Waals surface area contributed by atoms with E-state index >= 15 is 0 Å². The van der Waals surface area contributed by atoms with Crippen LogP contribution in [0.1, 0.15) is 11.1 Å². The molecule has 0 spiro atoms. The normalized spacial score (nSPS) is 15.0. The minimum absolute atomic E-state index is 0.167. The summed E-state index contributed by atoms with van der Waals surface area (Å²) in [5, 5.41) is 3.30. The minimum atomic E-state index is -0.167. The van der Waals surface area contributed by atoms with Gasteiger partial charge in [0.2, 0.25) is 0 Å². The second-order valence-electron chi connectivity index (χ2n) is 4.37. The molecule has 0 amide bonds. The average molecular weight is 235 g/mol. The fraction of sp³-hybridized carbons (Fsp3) is 0.462. The number of nitrogens with one attached hydrogen (secondary N) is 1. The number of nitrogens with zero attached hydrogens (tertiary/aromatic N) is 2. The van der Waals surface area contributed by atoms with Crippen LogP contribution >= 0.6 is 0 Å². The topological polar surface area (TPSA) is 27.6 Å². The van der Waals surface area contributed by atoms with Crippen molar-refractivity contribution in [2.75, 3.05) is 26.7 Å². The number of aliphatic imine (C=N–C) groups is 1. The van der Waals surface area contributed by atoms with E-state index in [2.05, 4.69) is 15.2 Å². The van der Waals surface area contributed by atoms with Gasteiger partial charge >= 0.3 is 0 Å². The molecule has 92 valence electrons. The predicted octanol–water partition coefficient (Wildman–Crippen LogP) is 1.57. The van der Waals surface area contributed by atoms with Gasteiger partial charge < -0.3 is 10.2 Å². The van der Waals surface area contributed by atoms with Gasteiger partial charge in [-0.05, 0) is 36.6 Å². The van der Waals surface area contributed by atoms with Crippen LogP contribution in [-0.4, -0.2) is 37.5 Å². The van der Waals surface area contributed by atoms with Crippen molar-refractivity contribution in [3.05, 3.63) is 35.1 Å². The lowest BCUT2D eigenvalue weighted by atomic mass is 10.1. The Bertz CT molecular complexity index is 429. The van der Waals surface area contributed by atoms with E-state index in [0.29, 0.717) is 0 Å². The van der Waals surface area contributed by atoms with Gasteiger partial charge in [0.25, 0.3) is 0 Å². The summed E-state index contributed by atoms with van der Waals surface area (Å²) in [6.07, 6.45) is 0.888. The van der Waals surface area contributed by atoms with Crippen LogP contribution in [-0.2, 0) is 6.42 Å². The summed E-state index contributed by atoms with van der Waals surface area (Å²) >= 11 is 0. The maximum Gasteiger partial charge on any atom is 0.193 e. The van der Waals surface area contributed by atoms with E-state index in [0.717, 1.165) is 37.6 Å². The Labute approximate surface area is 101 Å². The van der Waals surface area contributed by atoms with E-state index in [4.69, 9.17) is 0 Å². The van der Waals surface area contributed by atoms with Gasteiger partial charge in [0, 0.05) is 20.1 Å². The SMILES string of the molecule is Cc1cc(F)ccc1CCNC1=NCCN1C. The number of aryl methyl sites for hydroxylation is 1. The molecule has 2 rings (SSSR count). The van der Waals surface area contributed by atoms with Crippen molar-refractivity contribution in [1.29, 1.82) is 0 Å². The van der Waals surface area contributed by atoms with Crippen LogP contribution in [0, 0.1) is 12.7 Å². The monoisotopic (exact) mass is 235 g/mol. The Morgan fingerprint density at radius 2 is 2.29 bits per heavy atom. The lowest BCUT2D eigenvalue weighted by Gasteiger charge is -2.15. The third-order valence-corrected chi connectivity index (χ3v) is 3.04. The molecule has 0 unspecified atom stereocenters. The van der Waals surface area contributed by atoms with Crippen LogP contribution in [0.5, 0.6) is 0 Å². The average Bonchev–Trinajstić information content (AvgIpc) is 2.68. The zero-order valence-electron chi connectivity index (χ0n) is 10.3. The molecule has 0 saturated heterocycles. The molecule has 0 bridgehead atoms. The zero-order chi connectivity index (χ0) is 12.3. The van der Waals surface area contributed by atoms with E-state index in [1.54, 1.807) is 6.07 Å².